The second-order valence-corrected chi connectivity index (χ2v) is 8.24. The van der Waals surface area contributed by atoms with E-state index in [1.165, 1.54) is 15.8 Å². The van der Waals surface area contributed by atoms with Gasteiger partial charge >= 0.3 is 6.03 Å². The first kappa shape index (κ1) is 22.4. The lowest BCUT2D eigenvalue weighted by atomic mass is 10.0. The number of amides is 2. The van der Waals surface area contributed by atoms with Gasteiger partial charge in [0, 0.05) is 52.1 Å². The first-order valence-corrected chi connectivity index (χ1v) is 11.0. The van der Waals surface area contributed by atoms with Crippen LogP contribution in [0.2, 0.25) is 0 Å². The van der Waals surface area contributed by atoms with Crippen molar-refractivity contribution in [1.82, 2.24) is 29.7 Å². The van der Waals surface area contributed by atoms with Crippen LogP contribution in [0.1, 0.15) is 23.6 Å². The summed E-state index contributed by atoms with van der Waals surface area (Å²) in [6.07, 6.45) is 4.75. The normalized spacial score (nSPS) is 17.7. The zero-order valence-corrected chi connectivity index (χ0v) is 18.8. The molecule has 0 unspecified atom stereocenters. The minimum atomic E-state index is -0.541. The van der Waals surface area contributed by atoms with Crippen LogP contribution in [0, 0.1) is 23.0 Å². The van der Waals surface area contributed by atoms with Gasteiger partial charge in [0.2, 0.25) is 5.95 Å². The van der Waals surface area contributed by atoms with Gasteiger partial charge < -0.3 is 9.80 Å². The van der Waals surface area contributed by atoms with E-state index in [0.717, 1.165) is 12.3 Å². The molecule has 178 valence electrons. The maximum absolute atomic E-state index is 14.4. The highest BCUT2D eigenvalue weighted by Crippen LogP contribution is 2.31. The van der Waals surface area contributed by atoms with Crippen molar-refractivity contribution in [2.45, 2.75) is 12.5 Å². The first-order chi connectivity index (χ1) is 16.9. The van der Waals surface area contributed by atoms with Crippen molar-refractivity contribution >= 4 is 18.2 Å². The average Bonchev–Trinajstić information content (AvgIpc) is 3.53. The third kappa shape index (κ3) is 4.28. The van der Waals surface area contributed by atoms with Crippen LogP contribution >= 0.6 is 0 Å². The molecule has 0 aliphatic carbocycles. The number of benzene rings is 1. The summed E-state index contributed by atoms with van der Waals surface area (Å²) in [5.41, 5.74) is 1.41. The maximum Gasteiger partial charge on any atom is 0.341 e. The van der Waals surface area contributed by atoms with Crippen molar-refractivity contribution < 1.29 is 13.6 Å². The van der Waals surface area contributed by atoms with E-state index in [2.05, 4.69) is 20.2 Å². The van der Waals surface area contributed by atoms with E-state index in [1.807, 2.05) is 11.0 Å². The zero-order chi connectivity index (χ0) is 24.5. The van der Waals surface area contributed by atoms with Gasteiger partial charge in [0.15, 0.2) is 5.82 Å². The van der Waals surface area contributed by atoms with E-state index in [4.69, 9.17) is 5.26 Å². The number of piperazine rings is 1. The number of aromatic nitrogens is 4. The Morgan fingerprint density at radius 3 is 2.69 bits per heavy atom. The molecule has 2 aliphatic heterocycles. The Labute approximate surface area is 199 Å². The summed E-state index contributed by atoms with van der Waals surface area (Å²) in [5.74, 6) is -0.701. The van der Waals surface area contributed by atoms with Crippen LogP contribution in [-0.4, -0.2) is 68.1 Å². The van der Waals surface area contributed by atoms with Crippen molar-refractivity contribution in [2.24, 2.45) is 12.1 Å². The van der Waals surface area contributed by atoms with Crippen LogP contribution in [-0.2, 0) is 7.05 Å². The van der Waals surface area contributed by atoms with Crippen molar-refractivity contribution in [2.75, 3.05) is 31.1 Å². The highest BCUT2D eigenvalue weighted by Gasteiger charge is 2.34. The SMILES string of the molecule is Cn1nccc1-c1nc(N2CCN(C(=O)N3N=CC[C@H]3c3cc(F)cc(C#N)c3)CC2)ncc1F. The summed E-state index contributed by atoms with van der Waals surface area (Å²) in [4.78, 5) is 25.3. The van der Waals surface area contributed by atoms with Crippen molar-refractivity contribution in [1.29, 1.82) is 5.26 Å². The van der Waals surface area contributed by atoms with Crippen LogP contribution in [0.5, 0.6) is 0 Å². The van der Waals surface area contributed by atoms with Crippen LogP contribution in [0.25, 0.3) is 11.4 Å². The van der Waals surface area contributed by atoms with Crippen LogP contribution in [0.3, 0.4) is 0 Å². The third-order valence-electron chi connectivity index (χ3n) is 6.09. The van der Waals surface area contributed by atoms with Gasteiger partial charge in [0.1, 0.15) is 11.5 Å². The van der Waals surface area contributed by atoms with Gasteiger partial charge in [0.05, 0.1) is 29.6 Å². The molecule has 12 heteroatoms. The molecule has 1 saturated heterocycles. The smallest absolute Gasteiger partial charge is 0.337 e. The highest BCUT2D eigenvalue weighted by molar-refractivity contribution is 5.79. The second kappa shape index (κ2) is 9.09. The molecule has 1 aromatic carbocycles. The molecule has 5 rings (SSSR count). The van der Waals surface area contributed by atoms with Crippen molar-refractivity contribution in [3.05, 3.63) is 59.4 Å². The van der Waals surface area contributed by atoms with E-state index in [9.17, 15) is 13.6 Å². The molecule has 2 aliphatic rings. The molecule has 0 bridgehead atoms. The summed E-state index contributed by atoms with van der Waals surface area (Å²) < 4.78 is 29.9. The lowest BCUT2D eigenvalue weighted by molar-refractivity contribution is 0.139. The largest absolute Gasteiger partial charge is 0.341 e. The Morgan fingerprint density at radius 1 is 1.17 bits per heavy atom. The van der Waals surface area contributed by atoms with Gasteiger partial charge in [0.25, 0.3) is 0 Å². The average molecular weight is 477 g/mol. The fraction of sp³-hybridized carbons (Fsp3) is 0.304. The molecule has 1 fully saturated rings. The number of hydrogen-bond acceptors (Lipinski definition) is 7. The molecule has 0 spiro atoms. The van der Waals surface area contributed by atoms with Crippen LogP contribution < -0.4 is 4.90 Å². The Hall–Kier alpha value is -4.40. The summed E-state index contributed by atoms with van der Waals surface area (Å²) in [6, 6.07) is 6.88. The van der Waals surface area contributed by atoms with Gasteiger partial charge in [-0.25, -0.2) is 28.6 Å². The van der Waals surface area contributed by atoms with Gasteiger partial charge in [-0.15, -0.1) is 0 Å². The molecule has 0 N–H and O–H groups in total. The fourth-order valence-corrected chi connectivity index (χ4v) is 4.28. The van der Waals surface area contributed by atoms with Gasteiger partial charge in [-0.2, -0.15) is 15.5 Å². The van der Waals surface area contributed by atoms with E-state index in [1.54, 1.807) is 36.5 Å². The molecule has 10 nitrogen and oxygen atoms in total. The van der Waals surface area contributed by atoms with E-state index in [-0.39, 0.29) is 17.3 Å². The Bertz CT molecular complexity index is 1340. The van der Waals surface area contributed by atoms with E-state index >= 15 is 0 Å². The maximum atomic E-state index is 14.4. The molecule has 4 heterocycles. The molecule has 0 radical (unpaired) electrons. The summed E-state index contributed by atoms with van der Waals surface area (Å²) in [7, 11) is 1.71. The monoisotopic (exact) mass is 477 g/mol. The molecule has 35 heavy (non-hydrogen) atoms. The minimum absolute atomic E-state index is 0.162. The number of carbonyl (C=O) groups is 1. The summed E-state index contributed by atoms with van der Waals surface area (Å²) >= 11 is 0. The molecule has 1 atom stereocenters. The highest BCUT2D eigenvalue weighted by atomic mass is 19.1. The number of aryl methyl sites for hydroxylation is 1. The predicted octanol–water partition coefficient (Wildman–Crippen LogP) is 2.70. The summed E-state index contributed by atoms with van der Waals surface area (Å²) in [6.45, 7) is 1.66. The molecule has 2 amide bonds. The number of anilines is 1. The number of nitriles is 1. The van der Waals surface area contributed by atoms with E-state index in [0.29, 0.717) is 49.8 Å². The number of carbonyl (C=O) groups excluding carboxylic acids is 1. The minimum Gasteiger partial charge on any atom is -0.337 e. The zero-order valence-electron chi connectivity index (χ0n) is 18.8. The fourth-order valence-electron chi connectivity index (χ4n) is 4.28. The standard InChI is InChI=1S/C23H21F2N9O/c1-31-20(3-4-28-31)21-18(25)14-27-22(30-21)32-6-8-33(9-7-32)23(35)34-19(2-5-29-34)16-10-15(13-26)11-17(24)12-16/h3-5,10-12,14,19H,2,6-9H2,1H3/t19-/m0/s1. The van der Waals surface area contributed by atoms with Crippen molar-refractivity contribution in [3.63, 3.8) is 0 Å². The number of hydrazone groups is 1. The quantitative estimate of drug-likeness (QED) is 0.574. The summed E-state index contributed by atoms with van der Waals surface area (Å²) in [5, 5.41) is 18.8. The number of halogens is 2. The Kier molecular flexibility index (Phi) is 5.82. The molecule has 2 aromatic heterocycles. The number of hydrogen-bond donors (Lipinski definition) is 0. The second-order valence-electron chi connectivity index (χ2n) is 8.24. The van der Waals surface area contributed by atoms with Crippen molar-refractivity contribution in [3.8, 4) is 17.5 Å². The van der Waals surface area contributed by atoms with Gasteiger partial charge in [-0.1, -0.05) is 0 Å². The third-order valence-corrected chi connectivity index (χ3v) is 6.09. The Morgan fingerprint density at radius 2 is 1.97 bits per heavy atom. The first-order valence-electron chi connectivity index (χ1n) is 11.0. The Balaban J connectivity index is 1.28. The van der Waals surface area contributed by atoms with Crippen LogP contribution in [0.4, 0.5) is 19.5 Å². The lowest BCUT2D eigenvalue weighted by Gasteiger charge is -2.37. The molecule has 0 saturated carbocycles. The molecular formula is C23H21F2N9O. The predicted molar refractivity (Wildman–Crippen MR) is 122 cm³/mol. The number of rotatable bonds is 3. The topological polar surface area (TPSA) is 107 Å². The number of nitrogens with zero attached hydrogens (tertiary/aromatic N) is 9. The van der Waals surface area contributed by atoms with Crippen LogP contribution in [0.15, 0.2) is 41.8 Å². The van der Waals surface area contributed by atoms with Gasteiger partial charge in [-0.05, 0) is 29.8 Å². The van der Waals surface area contributed by atoms with E-state index < -0.39 is 17.7 Å². The number of urea groups is 1. The van der Waals surface area contributed by atoms with Gasteiger partial charge in [-0.3, -0.25) is 4.68 Å². The molecule has 3 aromatic rings. The molecular weight excluding hydrogens is 456 g/mol. The lowest BCUT2D eigenvalue weighted by Crippen LogP contribution is -2.52.